The van der Waals surface area contributed by atoms with Gasteiger partial charge in [-0.2, -0.15) is 0 Å². The van der Waals surface area contributed by atoms with Crippen LogP contribution in [0.5, 0.6) is 5.75 Å². The van der Waals surface area contributed by atoms with E-state index in [0.29, 0.717) is 6.54 Å². The Balaban J connectivity index is 0.00000264. The van der Waals surface area contributed by atoms with Crippen LogP contribution in [0.4, 0.5) is 4.39 Å². The highest BCUT2D eigenvalue weighted by Crippen LogP contribution is 2.31. The Kier molecular flexibility index (Phi) is 7.29. The number of amides is 1. The molecule has 0 saturated heterocycles. The van der Waals surface area contributed by atoms with E-state index in [2.05, 4.69) is 5.32 Å². The molecule has 3 atom stereocenters. The van der Waals surface area contributed by atoms with E-state index in [9.17, 15) is 9.18 Å². The van der Waals surface area contributed by atoms with Gasteiger partial charge in [-0.1, -0.05) is 25.0 Å². The lowest BCUT2D eigenvalue weighted by atomic mass is 9.74. The SMILES string of the molecule is CC(CNC(=O)C1CCCCC1(C)N)Oc1ccccc1F.Cl. The maximum atomic E-state index is 13.5. The van der Waals surface area contributed by atoms with Crippen molar-refractivity contribution in [2.75, 3.05) is 6.54 Å². The number of nitrogens with one attached hydrogen (secondary N) is 1. The van der Waals surface area contributed by atoms with E-state index in [1.165, 1.54) is 6.07 Å². The number of benzene rings is 1. The van der Waals surface area contributed by atoms with Crippen molar-refractivity contribution in [1.82, 2.24) is 5.32 Å². The molecule has 0 bridgehead atoms. The molecule has 4 nitrogen and oxygen atoms in total. The van der Waals surface area contributed by atoms with Crippen molar-refractivity contribution in [1.29, 1.82) is 0 Å². The molecule has 0 aliphatic heterocycles. The van der Waals surface area contributed by atoms with Crippen LogP contribution < -0.4 is 15.8 Å². The summed E-state index contributed by atoms with van der Waals surface area (Å²) in [7, 11) is 0. The molecule has 2 rings (SSSR count). The topological polar surface area (TPSA) is 64.4 Å². The summed E-state index contributed by atoms with van der Waals surface area (Å²) >= 11 is 0. The molecule has 23 heavy (non-hydrogen) atoms. The predicted octanol–water partition coefficient (Wildman–Crippen LogP) is 3.04. The second-order valence-corrected chi connectivity index (χ2v) is 6.41. The van der Waals surface area contributed by atoms with Gasteiger partial charge in [-0.25, -0.2) is 4.39 Å². The third-order valence-electron chi connectivity index (χ3n) is 4.30. The van der Waals surface area contributed by atoms with Gasteiger partial charge in [0.1, 0.15) is 6.10 Å². The van der Waals surface area contributed by atoms with Crippen LogP contribution in [0.1, 0.15) is 39.5 Å². The van der Waals surface area contributed by atoms with Crippen molar-refractivity contribution < 1.29 is 13.9 Å². The maximum Gasteiger partial charge on any atom is 0.225 e. The van der Waals surface area contributed by atoms with E-state index in [-0.39, 0.29) is 36.1 Å². The molecular weight excluding hydrogens is 319 g/mol. The second-order valence-electron chi connectivity index (χ2n) is 6.41. The number of hydrogen-bond acceptors (Lipinski definition) is 3. The first-order chi connectivity index (χ1) is 10.4. The van der Waals surface area contributed by atoms with E-state index in [4.69, 9.17) is 10.5 Å². The fourth-order valence-electron chi connectivity index (χ4n) is 2.96. The second kappa shape index (κ2) is 8.50. The number of halogens is 2. The number of carbonyl (C=O) groups is 1. The van der Waals surface area contributed by atoms with Gasteiger partial charge >= 0.3 is 0 Å². The third kappa shape index (κ3) is 5.36. The van der Waals surface area contributed by atoms with Crippen LogP contribution in [0.3, 0.4) is 0 Å². The molecule has 1 saturated carbocycles. The fraction of sp³-hybridized carbons (Fsp3) is 0.588. The normalized spacial score (nSPS) is 25.1. The highest BCUT2D eigenvalue weighted by molar-refractivity contribution is 5.85. The zero-order chi connectivity index (χ0) is 16.2. The van der Waals surface area contributed by atoms with Crippen LogP contribution in [0.15, 0.2) is 24.3 Å². The molecule has 1 aromatic rings. The molecule has 6 heteroatoms. The fourth-order valence-corrected chi connectivity index (χ4v) is 2.96. The maximum absolute atomic E-state index is 13.5. The summed E-state index contributed by atoms with van der Waals surface area (Å²) < 4.78 is 19.0. The van der Waals surface area contributed by atoms with Gasteiger partial charge in [0.25, 0.3) is 0 Å². The number of hydrogen-bond donors (Lipinski definition) is 2. The van der Waals surface area contributed by atoms with Gasteiger partial charge in [-0.3, -0.25) is 4.79 Å². The van der Waals surface area contributed by atoms with E-state index < -0.39 is 11.4 Å². The molecule has 1 fully saturated rings. The minimum atomic E-state index is -0.446. The summed E-state index contributed by atoms with van der Waals surface area (Å²) in [6.45, 7) is 4.07. The van der Waals surface area contributed by atoms with E-state index in [1.807, 2.05) is 6.92 Å². The van der Waals surface area contributed by atoms with Crippen molar-refractivity contribution in [2.45, 2.75) is 51.2 Å². The zero-order valence-electron chi connectivity index (χ0n) is 13.7. The average Bonchev–Trinajstić information content (AvgIpc) is 2.47. The Morgan fingerprint density at radius 1 is 1.48 bits per heavy atom. The number of para-hydroxylation sites is 1. The Morgan fingerprint density at radius 3 is 2.83 bits per heavy atom. The third-order valence-corrected chi connectivity index (χ3v) is 4.30. The van der Waals surface area contributed by atoms with Crippen molar-refractivity contribution in [3.8, 4) is 5.75 Å². The van der Waals surface area contributed by atoms with Gasteiger partial charge in [-0.05, 0) is 38.8 Å². The summed E-state index contributed by atoms with van der Waals surface area (Å²) in [6.07, 6.45) is 3.48. The molecule has 130 valence electrons. The molecule has 0 aromatic heterocycles. The van der Waals surface area contributed by atoms with Crippen LogP contribution in [0.2, 0.25) is 0 Å². The molecule has 1 aliphatic rings. The Hall–Kier alpha value is -1.33. The van der Waals surface area contributed by atoms with Crippen LogP contribution in [-0.4, -0.2) is 24.1 Å². The zero-order valence-corrected chi connectivity index (χ0v) is 14.5. The van der Waals surface area contributed by atoms with Crippen molar-refractivity contribution in [3.05, 3.63) is 30.1 Å². The molecule has 3 unspecified atom stereocenters. The Morgan fingerprint density at radius 2 is 2.17 bits per heavy atom. The minimum Gasteiger partial charge on any atom is -0.486 e. The van der Waals surface area contributed by atoms with Gasteiger partial charge in [0.2, 0.25) is 5.91 Å². The number of ether oxygens (including phenoxy) is 1. The van der Waals surface area contributed by atoms with Crippen LogP contribution >= 0.6 is 12.4 Å². The van der Waals surface area contributed by atoms with E-state index >= 15 is 0 Å². The minimum absolute atomic E-state index is 0. The van der Waals surface area contributed by atoms with Crippen LogP contribution in [0.25, 0.3) is 0 Å². The van der Waals surface area contributed by atoms with Gasteiger partial charge in [0.05, 0.1) is 12.5 Å². The summed E-state index contributed by atoms with van der Waals surface area (Å²) in [4.78, 5) is 12.3. The van der Waals surface area contributed by atoms with E-state index in [0.717, 1.165) is 25.7 Å². The Labute approximate surface area is 143 Å². The lowest BCUT2D eigenvalue weighted by Crippen LogP contribution is -2.53. The highest BCUT2D eigenvalue weighted by atomic mass is 35.5. The predicted molar refractivity (Wildman–Crippen MR) is 91.3 cm³/mol. The lowest BCUT2D eigenvalue weighted by Gasteiger charge is -2.37. The molecule has 0 radical (unpaired) electrons. The molecule has 3 N–H and O–H groups in total. The van der Waals surface area contributed by atoms with Crippen LogP contribution in [-0.2, 0) is 4.79 Å². The van der Waals surface area contributed by atoms with Gasteiger partial charge in [-0.15, -0.1) is 12.4 Å². The van der Waals surface area contributed by atoms with Crippen LogP contribution in [0, 0.1) is 11.7 Å². The molecular formula is C17H26ClFN2O2. The quantitative estimate of drug-likeness (QED) is 0.863. The standard InChI is InChI=1S/C17H25FN2O2.ClH/c1-12(22-15-9-4-3-8-14(15)18)11-20-16(21)13-7-5-6-10-17(13,2)19;/h3-4,8-9,12-13H,5-7,10-11,19H2,1-2H3,(H,20,21);1H. The number of carbonyl (C=O) groups excluding carboxylic acids is 1. The smallest absolute Gasteiger partial charge is 0.225 e. The molecule has 1 amide bonds. The first-order valence-electron chi connectivity index (χ1n) is 7.88. The first-order valence-corrected chi connectivity index (χ1v) is 7.88. The van der Waals surface area contributed by atoms with E-state index in [1.54, 1.807) is 25.1 Å². The van der Waals surface area contributed by atoms with Crippen molar-refractivity contribution >= 4 is 18.3 Å². The monoisotopic (exact) mass is 344 g/mol. The first kappa shape index (κ1) is 19.7. The van der Waals surface area contributed by atoms with Crippen molar-refractivity contribution in [2.24, 2.45) is 11.7 Å². The average molecular weight is 345 g/mol. The summed E-state index contributed by atoms with van der Waals surface area (Å²) in [5.74, 6) is -0.399. The molecule has 0 heterocycles. The lowest BCUT2D eigenvalue weighted by molar-refractivity contribution is -0.128. The summed E-state index contributed by atoms with van der Waals surface area (Å²) in [5.41, 5.74) is 5.78. The number of nitrogens with two attached hydrogens (primary N) is 1. The van der Waals surface area contributed by atoms with Gasteiger partial charge in [0, 0.05) is 5.54 Å². The van der Waals surface area contributed by atoms with Crippen molar-refractivity contribution in [3.63, 3.8) is 0 Å². The summed E-state index contributed by atoms with van der Waals surface area (Å²) in [5, 5.41) is 2.88. The highest BCUT2D eigenvalue weighted by Gasteiger charge is 2.37. The number of rotatable bonds is 5. The largest absolute Gasteiger partial charge is 0.486 e. The van der Waals surface area contributed by atoms with Gasteiger partial charge in [0.15, 0.2) is 11.6 Å². The summed E-state index contributed by atoms with van der Waals surface area (Å²) in [6, 6.07) is 6.25. The molecule has 0 spiro atoms. The molecule has 1 aliphatic carbocycles. The van der Waals surface area contributed by atoms with Gasteiger partial charge < -0.3 is 15.8 Å². The Bertz CT molecular complexity index is 525. The molecule has 1 aromatic carbocycles.